The van der Waals surface area contributed by atoms with Crippen LogP contribution in [0, 0.1) is 17.8 Å². The Kier molecular flexibility index (Phi) is 11.8. The first kappa shape index (κ1) is 27.8. The van der Waals surface area contributed by atoms with Crippen LogP contribution < -0.4 is 16.2 Å². The van der Waals surface area contributed by atoms with Gasteiger partial charge in [0.15, 0.2) is 5.78 Å². The Bertz CT molecular complexity index is 823. The maximum Gasteiger partial charge on any atom is 0.408 e. The molecule has 9 nitrogen and oxygen atoms in total. The van der Waals surface area contributed by atoms with Gasteiger partial charge in [-0.3, -0.25) is 30.0 Å². The van der Waals surface area contributed by atoms with Gasteiger partial charge in [0.25, 0.3) is 0 Å². The summed E-state index contributed by atoms with van der Waals surface area (Å²) in [6.07, 6.45) is -0.0658. The molecular formula is C24H35N3O6. The number of hydrazine groups is 1. The summed E-state index contributed by atoms with van der Waals surface area (Å²) in [5.74, 6) is -3.09. The van der Waals surface area contributed by atoms with E-state index < -0.39 is 35.7 Å². The third-order valence-corrected chi connectivity index (χ3v) is 4.79. The summed E-state index contributed by atoms with van der Waals surface area (Å²) in [6.45, 7) is 8.81. The Labute approximate surface area is 195 Å². The molecule has 3 N–H and O–H groups in total. The number of alkyl carbamates (subject to hydrolysis) is 1. The molecule has 0 aliphatic rings. The van der Waals surface area contributed by atoms with E-state index in [1.165, 1.54) is 0 Å². The van der Waals surface area contributed by atoms with Crippen LogP contribution in [0.25, 0.3) is 0 Å². The first-order valence-electron chi connectivity index (χ1n) is 11.1. The minimum Gasteiger partial charge on any atom is -0.445 e. The predicted molar refractivity (Wildman–Crippen MR) is 123 cm³/mol. The number of hydrogen-bond acceptors (Lipinski definition) is 6. The predicted octanol–water partition coefficient (Wildman–Crippen LogP) is 2.69. The van der Waals surface area contributed by atoms with Gasteiger partial charge in [0.1, 0.15) is 6.61 Å². The van der Waals surface area contributed by atoms with Crippen molar-refractivity contribution in [2.24, 2.45) is 17.8 Å². The van der Waals surface area contributed by atoms with Crippen molar-refractivity contribution in [3.05, 3.63) is 35.9 Å². The van der Waals surface area contributed by atoms with Crippen LogP contribution >= 0.6 is 0 Å². The van der Waals surface area contributed by atoms with Crippen molar-refractivity contribution in [1.82, 2.24) is 16.2 Å². The quantitative estimate of drug-likeness (QED) is 0.324. The fraction of sp³-hybridized carbons (Fsp3) is 0.542. The van der Waals surface area contributed by atoms with Crippen LogP contribution in [-0.4, -0.2) is 35.5 Å². The number of Topliss-reactive ketones (excluding diaryl/α,β-unsaturated/α-hetero) is 2. The highest BCUT2D eigenvalue weighted by Gasteiger charge is 2.29. The Morgan fingerprint density at radius 1 is 0.879 bits per heavy atom. The minimum atomic E-state index is -0.946. The van der Waals surface area contributed by atoms with E-state index in [1.54, 1.807) is 0 Å². The Balaban J connectivity index is 2.79. The summed E-state index contributed by atoms with van der Waals surface area (Å²) in [6, 6.07) is 8.35. The van der Waals surface area contributed by atoms with E-state index in [1.807, 2.05) is 63.5 Å². The third-order valence-electron chi connectivity index (χ3n) is 4.79. The number of carbonyl (C=O) groups is 5. The fourth-order valence-electron chi connectivity index (χ4n) is 3.19. The third kappa shape index (κ3) is 11.3. The number of rotatable bonds is 12. The second-order valence-electron chi connectivity index (χ2n) is 8.88. The molecule has 0 fully saturated rings. The van der Waals surface area contributed by atoms with Crippen molar-refractivity contribution in [2.75, 3.05) is 0 Å². The fourth-order valence-corrected chi connectivity index (χ4v) is 3.19. The van der Waals surface area contributed by atoms with Gasteiger partial charge in [0.05, 0.1) is 6.04 Å². The molecule has 33 heavy (non-hydrogen) atoms. The van der Waals surface area contributed by atoms with Crippen LogP contribution in [0.2, 0.25) is 0 Å². The van der Waals surface area contributed by atoms with Crippen LogP contribution in [0.4, 0.5) is 4.79 Å². The Hall–Kier alpha value is -3.23. The average Bonchev–Trinajstić information content (AvgIpc) is 2.74. The molecule has 2 atom stereocenters. The molecule has 1 aromatic rings. The van der Waals surface area contributed by atoms with Gasteiger partial charge in [-0.15, -0.1) is 0 Å². The molecule has 3 amide bonds. The van der Waals surface area contributed by atoms with Crippen LogP contribution in [0.5, 0.6) is 0 Å². The summed E-state index contributed by atoms with van der Waals surface area (Å²) >= 11 is 0. The van der Waals surface area contributed by atoms with E-state index in [9.17, 15) is 24.0 Å². The van der Waals surface area contributed by atoms with Crippen LogP contribution in [0.1, 0.15) is 59.4 Å². The first-order valence-corrected chi connectivity index (χ1v) is 11.1. The molecule has 0 radical (unpaired) electrons. The molecule has 0 spiro atoms. The van der Waals surface area contributed by atoms with E-state index in [2.05, 4.69) is 10.7 Å². The highest BCUT2D eigenvalue weighted by Crippen LogP contribution is 2.19. The zero-order chi connectivity index (χ0) is 25.0. The molecule has 1 rings (SSSR count). The number of nitrogens with one attached hydrogen (secondary N) is 3. The highest BCUT2D eigenvalue weighted by molar-refractivity contribution is 6.35. The van der Waals surface area contributed by atoms with Crippen LogP contribution in [-0.2, 0) is 30.5 Å². The molecule has 0 aliphatic carbocycles. The largest absolute Gasteiger partial charge is 0.445 e. The summed E-state index contributed by atoms with van der Waals surface area (Å²) in [7, 11) is 0. The van der Waals surface area contributed by atoms with Gasteiger partial charge in [0, 0.05) is 19.3 Å². The van der Waals surface area contributed by atoms with Crippen molar-refractivity contribution in [2.45, 2.75) is 66.5 Å². The molecule has 0 aromatic heterocycles. The second-order valence-corrected chi connectivity index (χ2v) is 8.88. The first-order chi connectivity index (χ1) is 15.5. The zero-order valence-corrected chi connectivity index (χ0v) is 20.0. The van der Waals surface area contributed by atoms with E-state index in [-0.39, 0.29) is 30.6 Å². The summed E-state index contributed by atoms with van der Waals surface area (Å²) in [4.78, 5) is 60.4. The van der Waals surface area contributed by atoms with Crippen molar-refractivity contribution in [3.63, 3.8) is 0 Å². The maximum absolute atomic E-state index is 13.0. The van der Waals surface area contributed by atoms with Gasteiger partial charge in [-0.1, -0.05) is 58.0 Å². The minimum absolute atomic E-state index is 0.0729. The van der Waals surface area contributed by atoms with E-state index in [0.29, 0.717) is 12.8 Å². The summed E-state index contributed by atoms with van der Waals surface area (Å²) < 4.78 is 5.23. The second kappa shape index (κ2) is 14.0. The van der Waals surface area contributed by atoms with Crippen molar-refractivity contribution < 1.29 is 28.7 Å². The average molecular weight is 462 g/mol. The number of benzene rings is 1. The Morgan fingerprint density at radius 2 is 1.48 bits per heavy atom. The standard InChI is InChI=1S/C24H35N3O6/c1-15(2)11-19(23(31)27-26-22(30)17(5)28)13-21(29)20(12-16(3)4)25-24(32)33-14-18-9-7-6-8-10-18/h6-10,15-16,19-20H,11-14H2,1-5H3,(H,25,32)(H,26,30)(H,27,31)/t19-,20+/m1/s1. The number of ether oxygens (including phenoxy) is 1. The molecule has 0 saturated heterocycles. The van der Waals surface area contributed by atoms with Crippen LogP contribution in [0.15, 0.2) is 30.3 Å². The van der Waals surface area contributed by atoms with E-state index >= 15 is 0 Å². The molecule has 9 heteroatoms. The lowest BCUT2D eigenvalue weighted by molar-refractivity contribution is -0.139. The van der Waals surface area contributed by atoms with Gasteiger partial charge < -0.3 is 10.1 Å². The van der Waals surface area contributed by atoms with Gasteiger partial charge in [0.2, 0.25) is 11.7 Å². The smallest absolute Gasteiger partial charge is 0.408 e. The molecule has 0 heterocycles. The summed E-state index contributed by atoms with van der Waals surface area (Å²) in [5.41, 5.74) is 5.08. The molecule has 0 saturated carbocycles. The van der Waals surface area contributed by atoms with Gasteiger partial charge in [-0.05, 0) is 30.2 Å². The normalized spacial score (nSPS) is 12.6. The Morgan fingerprint density at radius 3 is 2.03 bits per heavy atom. The number of hydrogen-bond donors (Lipinski definition) is 3. The van der Waals surface area contributed by atoms with E-state index in [4.69, 9.17) is 4.74 Å². The van der Waals surface area contributed by atoms with Crippen molar-refractivity contribution in [3.8, 4) is 0 Å². The number of amides is 3. The SMILES string of the molecule is CC(=O)C(=O)NNC(=O)[C@@H](CC(=O)[C@H](CC(C)C)NC(=O)OCc1ccccc1)CC(C)C. The molecule has 0 unspecified atom stereocenters. The highest BCUT2D eigenvalue weighted by atomic mass is 16.5. The maximum atomic E-state index is 13.0. The summed E-state index contributed by atoms with van der Waals surface area (Å²) in [5, 5.41) is 2.62. The van der Waals surface area contributed by atoms with Gasteiger partial charge in [-0.2, -0.15) is 0 Å². The monoisotopic (exact) mass is 461 g/mol. The van der Waals surface area contributed by atoms with Gasteiger partial charge in [-0.25, -0.2) is 4.79 Å². The van der Waals surface area contributed by atoms with Gasteiger partial charge >= 0.3 is 12.0 Å². The number of carbonyl (C=O) groups excluding carboxylic acids is 5. The topological polar surface area (TPSA) is 131 Å². The van der Waals surface area contributed by atoms with Crippen molar-refractivity contribution in [1.29, 1.82) is 0 Å². The zero-order valence-electron chi connectivity index (χ0n) is 20.0. The number of ketones is 2. The van der Waals surface area contributed by atoms with Crippen LogP contribution in [0.3, 0.4) is 0 Å². The van der Waals surface area contributed by atoms with E-state index in [0.717, 1.165) is 12.5 Å². The molecule has 1 aromatic carbocycles. The molecule has 182 valence electrons. The molecular weight excluding hydrogens is 426 g/mol. The lowest BCUT2D eigenvalue weighted by Crippen LogP contribution is -2.48. The lowest BCUT2D eigenvalue weighted by Gasteiger charge is -2.23. The molecule has 0 bridgehead atoms. The van der Waals surface area contributed by atoms with Crippen molar-refractivity contribution >= 4 is 29.5 Å². The lowest BCUT2D eigenvalue weighted by atomic mass is 9.88. The molecule has 0 aliphatic heterocycles.